The quantitative estimate of drug-likeness (QED) is 0.903. The molecule has 1 aromatic heterocycles. The van der Waals surface area contributed by atoms with Crippen molar-refractivity contribution in [3.8, 4) is 0 Å². The van der Waals surface area contributed by atoms with Crippen LogP contribution in [-0.4, -0.2) is 18.6 Å². The molecule has 3 nitrogen and oxygen atoms in total. The smallest absolute Gasteiger partial charge is 0.168 e. The summed E-state index contributed by atoms with van der Waals surface area (Å²) in [6.45, 7) is 0.745. The highest BCUT2D eigenvalue weighted by Gasteiger charge is 2.19. The highest BCUT2D eigenvalue weighted by atomic mass is 19.1. The topological polar surface area (TPSA) is 42.2 Å². The minimum Gasteiger partial charge on any atom is -0.381 e. The molecule has 100 valence electrons. The molecule has 1 fully saturated rings. The molecule has 1 aliphatic carbocycles. The Labute approximate surface area is 106 Å². The molecule has 0 spiro atoms. The van der Waals surface area contributed by atoms with Crippen molar-refractivity contribution < 1.29 is 8.78 Å². The number of aromatic nitrogens is 1. The summed E-state index contributed by atoms with van der Waals surface area (Å²) < 4.78 is 26.7. The number of nitrogens with two attached hydrogens (primary N) is 1. The third kappa shape index (κ3) is 2.89. The van der Waals surface area contributed by atoms with E-state index < -0.39 is 11.6 Å². The normalized spacial score (nSPS) is 16.8. The number of hydrogen-bond acceptors (Lipinski definition) is 3. The number of hydrogen-bond donors (Lipinski definition) is 1. The van der Waals surface area contributed by atoms with Crippen LogP contribution in [0.15, 0.2) is 6.07 Å². The van der Waals surface area contributed by atoms with Crippen LogP contribution < -0.4 is 10.6 Å². The molecule has 1 aliphatic rings. The van der Waals surface area contributed by atoms with Crippen LogP contribution in [-0.2, 0) is 0 Å². The molecule has 1 heterocycles. The van der Waals surface area contributed by atoms with E-state index in [2.05, 4.69) is 4.98 Å². The maximum atomic E-state index is 13.6. The molecule has 1 aromatic rings. The van der Waals surface area contributed by atoms with Crippen molar-refractivity contribution in [2.75, 3.05) is 24.2 Å². The molecule has 1 saturated carbocycles. The van der Waals surface area contributed by atoms with E-state index in [1.165, 1.54) is 32.1 Å². The second-order valence-corrected chi connectivity index (χ2v) is 5.05. The molecule has 0 radical (unpaired) electrons. The fraction of sp³-hybridized carbons (Fsp3) is 0.615. The molecular formula is C13H19F2N3. The van der Waals surface area contributed by atoms with Gasteiger partial charge in [0.1, 0.15) is 0 Å². The second kappa shape index (κ2) is 5.50. The third-order valence-electron chi connectivity index (χ3n) is 3.56. The Morgan fingerprint density at radius 3 is 2.61 bits per heavy atom. The predicted octanol–water partition coefficient (Wildman–Crippen LogP) is 2.96. The molecule has 0 aliphatic heterocycles. The molecule has 18 heavy (non-hydrogen) atoms. The van der Waals surface area contributed by atoms with Crippen molar-refractivity contribution in [2.45, 2.75) is 32.1 Å². The van der Waals surface area contributed by atoms with E-state index >= 15 is 0 Å². The number of anilines is 2. The number of nitrogen functional groups attached to an aromatic ring is 1. The van der Waals surface area contributed by atoms with E-state index in [4.69, 9.17) is 5.73 Å². The second-order valence-electron chi connectivity index (χ2n) is 5.05. The number of pyridine rings is 1. The highest BCUT2D eigenvalue weighted by molar-refractivity contribution is 5.46. The first-order valence-corrected chi connectivity index (χ1v) is 6.40. The van der Waals surface area contributed by atoms with Crippen molar-refractivity contribution in [3.05, 3.63) is 17.7 Å². The number of halogens is 2. The molecule has 5 heteroatoms. The van der Waals surface area contributed by atoms with Gasteiger partial charge in [-0.3, -0.25) is 0 Å². The van der Waals surface area contributed by atoms with Crippen molar-refractivity contribution >= 4 is 11.6 Å². The lowest BCUT2D eigenvalue weighted by Gasteiger charge is -2.28. The lowest BCUT2D eigenvalue weighted by Crippen LogP contribution is -2.28. The summed E-state index contributed by atoms with van der Waals surface area (Å²) in [5.41, 5.74) is 5.38. The van der Waals surface area contributed by atoms with Gasteiger partial charge in [0.15, 0.2) is 23.3 Å². The van der Waals surface area contributed by atoms with Gasteiger partial charge in [-0.2, -0.15) is 0 Å². The van der Waals surface area contributed by atoms with Crippen LogP contribution in [0.5, 0.6) is 0 Å². The Morgan fingerprint density at radius 2 is 1.94 bits per heavy atom. The number of nitrogens with zero attached hydrogens (tertiary/aromatic N) is 2. The molecule has 2 rings (SSSR count). The molecule has 0 amide bonds. The van der Waals surface area contributed by atoms with E-state index in [-0.39, 0.29) is 11.6 Å². The van der Waals surface area contributed by atoms with Crippen molar-refractivity contribution in [3.63, 3.8) is 0 Å². The summed E-state index contributed by atoms with van der Waals surface area (Å²) in [5.74, 6) is -1.00. The molecule has 0 atom stereocenters. The summed E-state index contributed by atoms with van der Waals surface area (Å²) in [7, 11) is 1.78. The number of rotatable bonds is 3. The fourth-order valence-electron chi connectivity index (χ4n) is 2.58. The van der Waals surface area contributed by atoms with Crippen LogP contribution >= 0.6 is 0 Å². The summed E-state index contributed by atoms with van der Waals surface area (Å²) in [5, 5.41) is 0. The first-order valence-electron chi connectivity index (χ1n) is 6.40. The first-order chi connectivity index (χ1) is 8.58. The first kappa shape index (κ1) is 13.1. The summed E-state index contributed by atoms with van der Waals surface area (Å²) in [4.78, 5) is 5.53. The van der Waals surface area contributed by atoms with Gasteiger partial charge in [-0.05, 0) is 18.8 Å². The van der Waals surface area contributed by atoms with Gasteiger partial charge in [0.2, 0.25) is 0 Å². The van der Waals surface area contributed by atoms with Crippen LogP contribution in [0.1, 0.15) is 32.1 Å². The zero-order valence-corrected chi connectivity index (χ0v) is 10.6. The molecule has 2 N–H and O–H groups in total. The highest BCUT2D eigenvalue weighted by Crippen LogP contribution is 2.26. The Balaban J connectivity index is 2.08. The average molecular weight is 255 g/mol. The third-order valence-corrected chi connectivity index (χ3v) is 3.56. The molecule has 0 aromatic carbocycles. The molecular weight excluding hydrogens is 236 g/mol. The van der Waals surface area contributed by atoms with Gasteiger partial charge in [0.05, 0.1) is 0 Å². The van der Waals surface area contributed by atoms with Crippen LogP contribution in [0, 0.1) is 17.6 Å². The van der Waals surface area contributed by atoms with Crippen molar-refractivity contribution in [2.24, 2.45) is 5.92 Å². The van der Waals surface area contributed by atoms with Crippen LogP contribution in [0.2, 0.25) is 0 Å². The Kier molecular flexibility index (Phi) is 3.99. The van der Waals surface area contributed by atoms with E-state index in [1.54, 1.807) is 11.9 Å². The lowest BCUT2D eigenvalue weighted by atomic mass is 9.89. The zero-order chi connectivity index (χ0) is 13.1. The monoisotopic (exact) mass is 255 g/mol. The van der Waals surface area contributed by atoms with Crippen molar-refractivity contribution in [1.29, 1.82) is 0 Å². The van der Waals surface area contributed by atoms with Gasteiger partial charge < -0.3 is 10.6 Å². The molecule has 0 unspecified atom stereocenters. The maximum Gasteiger partial charge on any atom is 0.168 e. The summed E-state index contributed by atoms with van der Waals surface area (Å²) in [6.07, 6.45) is 6.10. The Hall–Kier alpha value is -1.39. The van der Waals surface area contributed by atoms with E-state index in [9.17, 15) is 8.78 Å². The van der Waals surface area contributed by atoms with E-state index in [0.717, 1.165) is 12.6 Å². The van der Waals surface area contributed by atoms with Gasteiger partial charge in [-0.15, -0.1) is 0 Å². The van der Waals surface area contributed by atoms with Crippen LogP contribution in [0.25, 0.3) is 0 Å². The fourth-order valence-corrected chi connectivity index (χ4v) is 2.58. The van der Waals surface area contributed by atoms with Gasteiger partial charge in [-0.25, -0.2) is 13.8 Å². The zero-order valence-electron chi connectivity index (χ0n) is 10.6. The van der Waals surface area contributed by atoms with Crippen LogP contribution in [0.4, 0.5) is 20.4 Å². The Bertz CT molecular complexity index is 417. The van der Waals surface area contributed by atoms with Gasteiger partial charge in [0.25, 0.3) is 0 Å². The van der Waals surface area contributed by atoms with E-state index in [1.807, 2.05) is 0 Å². The minimum absolute atomic E-state index is 0.138. The van der Waals surface area contributed by atoms with E-state index in [0.29, 0.717) is 5.92 Å². The maximum absolute atomic E-state index is 13.6. The van der Waals surface area contributed by atoms with Gasteiger partial charge in [-0.1, -0.05) is 19.3 Å². The van der Waals surface area contributed by atoms with Crippen molar-refractivity contribution in [1.82, 2.24) is 4.98 Å². The standard InChI is InChI=1S/C13H19F2N3/c1-18(8-9-5-3-2-4-6-9)13-11(15)7-10(14)12(16)17-13/h7,9H,2-6,8H2,1H3,(H2,16,17). The predicted molar refractivity (Wildman–Crippen MR) is 68.4 cm³/mol. The minimum atomic E-state index is -0.803. The van der Waals surface area contributed by atoms with Crippen LogP contribution in [0.3, 0.4) is 0 Å². The average Bonchev–Trinajstić information content (AvgIpc) is 2.35. The van der Waals surface area contributed by atoms with Gasteiger partial charge >= 0.3 is 0 Å². The summed E-state index contributed by atoms with van der Waals surface area (Å²) >= 11 is 0. The molecule has 0 saturated heterocycles. The van der Waals surface area contributed by atoms with Gasteiger partial charge in [0, 0.05) is 19.7 Å². The molecule has 0 bridgehead atoms. The lowest BCUT2D eigenvalue weighted by molar-refractivity contribution is 0.360. The largest absolute Gasteiger partial charge is 0.381 e. The summed E-state index contributed by atoms with van der Waals surface area (Å²) in [6, 6.07) is 0.801. The SMILES string of the molecule is CN(CC1CCCCC1)c1nc(N)c(F)cc1F. The Morgan fingerprint density at radius 1 is 1.28 bits per heavy atom.